The van der Waals surface area contributed by atoms with Gasteiger partial charge in [0.2, 0.25) is 0 Å². The molecule has 100 valence electrons. The van der Waals surface area contributed by atoms with E-state index in [-0.39, 0.29) is 5.82 Å². The van der Waals surface area contributed by atoms with Crippen LogP contribution in [0.1, 0.15) is 11.4 Å². The van der Waals surface area contributed by atoms with Gasteiger partial charge < -0.3 is 15.2 Å². The number of benzene rings is 1. The van der Waals surface area contributed by atoms with Gasteiger partial charge in [0, 0.05) is 25.5 Å². The molecular weight excluding hydrogens is 243 g/mol. The molecule has 3 rings (SSSR count). The van der Waals surface area contributed by atoms with Crippen molar-refractivity contribution in [2.24, 2.45) is 5.73 Å². The second kappa shape index (κ2) is 5.01. The zero-order valence-electron chi connectivity index (χ0n) is 10.7. The van der Waals surface area contributed by atoms with Crippen LogP contribution in [0.4, 0.5) is 10.1 Å². The van der Waals surface area contributed by atoms with Crippen LogP contribution in [0.15, 0.2) is 30.6 Å². The molecule has 1 aromatic carbocycles. The Morgan fingerprint density at radius 3 is 3.05 bits per heavy atom. The molecular formula is C14H17FN4. The molecule has 0 saturated carbocycles. The van der Waals surface area contributed by atoms with E-state index in [0.29, 0.717) is 25.2 Å². The summed E-state index contributed by atoms with van der Waals surface area (Å²) < 4.78 is 16.3. The van der Waals surface area contributed by atoms with Gasteiger partial charge in [-0.1, -0.05) is 12.1 Å². The van der Waals surface area contributed by atoms with E-state index in [1.807, 2.05) is 12.3 Å². The molecule has 4 nitrogen and oxygen atoms in total. The normalized spacial score (nSPS) is 14.5. The second-order valence-electron chi connectivity index (χ2n) is 4.74. The number of nitrogens with two attached hydrogens (primary N) is 1. The highest BCUT2D eigenvalue weighted by Crippen LogP contribution is 2.27. The van der Waals surface area contributed by atoms with Gasteiger partial charge in [-0.05, 0) is 24.6 Å². The molecule has 2 N–H and O–H groups in total. The van der Waals surface area contributed by atoms with Crippen LogP contribution in [0, 0.1) is 5.82 Å². The topological polar surface area (TPSA) is 47.1 Å². The van der Waals surface area contributed by atoms with E-state index in [1.165, 1.54) is 6.07 Å². The molecule has 0 amide bonds. The number of hydrogen-bond donors (Lipinski definition) is 1. The lowest BCUT2D eigenvalue weighted by atomic mass is 10.1. The molecule has 1 aliphatic heterocycles. The van der Waals surface area contributed by atoms with E-state index in [9.17, 15) is 4.39 Å². The number of aromatic nitrogens is 2. The maximum atomic E-state index is 14.2. The van der Waals surface area contributed by atoms with E-state index in [2.05, 4.69) is 14.5 Å². The number of nitrogens with zero attached hydrogens (tertiary/aromatic N) is 3. The quantitative estimate of drug-likeness (QED) is 0.910. The Labute approximate surface area is 111 Å². The first-order chi connectivity index (χ1) is 9.29. The number of fused-ring (bicyclic) bond motifs is 1. The molecule has 0 fully saturated rings. The van der Waals surface area contributed by atoms with Crippen molar-refractivity contribution < 1.29 is 4.39 Å². The Morgan fingerprint density at radius 2 is 2.21 bits per heavy atom. The number of imidazole rings is 1. The van der Waals surface area contributed by atoms with Crippen molar-refractivity contribution in [1.29, 1.82) is 0 Å². The molecule has 1 aromatic heterocycles. The van der Waals surface area contributed by atoms with Gasteiger partial charge in [-0.2, -0.15) is 0 Å². The van der Waals surface area contributed by atoms with Gasteiger partial charge >= 0.3 is 0 Å². The molecule has 0 bridgehead atoms. The van der Waals surface area contributed by atoms with Crippen molar-refractivity contribution in [3.63, 3.8) is 0 Å². The zero-order valence-corrected chi connectivity index (χ0v) is 10.7. The fraction of sp³-hybridized carbons (Fsp3) is 0.357. The highest BCUT2D eigenvalue weighted by atomic mass is 19.1. The third-order valence-electron chi connectivity index (χ3n) is 3.55. The largest absolute Gasteiger partial charge is 0.360 e. The van der Waals surface area contributed by atoms with Crippen LogP contribution in [-0.4, -0.2) is 22.6 Å². The van der Waals surface area contributed by atoms with Crippen molar-refractivity contribution >= 4 is 5.69 Å². The SMILES string of the molecule is NCCc1cccc(F)c1N1CCn2ccnc2C1. The van der Waals surface area contributed by atoms with Crippen LogP contribution in [0.5, 0.6) is 0 Å². The molecule has 0 unspecified atom stereocenters. The van der Waals surface area contributed by atoms with E-state index < -0.39 is 0 Å². The predicted molar refractivity (Wildman–Crippen MR) is 72.4 cm³/mol. The molecule has 1 aliphatic rings. The lowest BCUT2D eigenvalue weighted by molar-refractivity contribution is 0.542. The maximum absolute atomic E-state index is 14.2. The van der Waals surface area contributed by atoms with Crippen molar-refractivity contribution in [2.45, 2.75) is 19.5 Å². The molecule has 0 spiro atoms. The summed E-state index contributed by atoms with van der Waals surface area (Å²) in [6.07, 6.45) is 4.45. The van der Waals surface area contributed by atoms with Gasteiger partial charge in [-0.15, -0.1) is 0 Å². The van der Waals surface area contributed by atoms with E-state index in [0.717, 1.165) is 24.5 Å². The van der Waals surface area contributed by atoms with Gasteiger partial charge in [-0.3, -0.25) is 0 Å². The molecule has 0 aliphatic carbocycles. The summed E-state index contributed by atoms with van der Waals surface area (Å²) in [5, 5.41) is 0. The van der Waals surface area contributed by atoms with Crippen LogP contribution >= 0.6 is 0 Å². The number of halogens is 1. The number of rotatable bonds is 3. The third kappa shape index (κ3) is 2.21. The summed E-state index contributed by atoms with van der Waals surface area (Å²) >= 11 is 0. The van der Waals surface area contributed by atoms with E-state index in [4.69, 9.17) is 5.73 Å². The first kappa shape index (κ1) is 12.2. The average Bonchev–Trinajstić information content (AvgIpc) is 2.86. The second-order valence-corrected chi connectivity index (χ2v) is 4.74. The smallest absolute Gasteiger partial charge is 0.146 e. The van der Waals surface area contributed by atoms with Crippen molar-refractivity contribution in [3.05, 3.63) is 47.8 Å². The molecule has 19 heavy (non-hydrogen) atoms. The molecule has 0 radical (unpaired) electrons. The Hall–Kier alpha value is -1.88. The van der Waals surface area contributed by atoms with E-state index in [1.54, 1.807) is 12.3 Å². The minimum Gasteiger partial charge on any atom is -0.360 e. The van der Waals surface area contributed by atoms with Gasteiger partial charge in [0.25, 0.3) is 0 Å². The summed E-state index contributed by atoms with van der Waals surface area (Å²) in [7, 11) is 0. The van der Waals surface area contributed by atoms with Gasteiger partial charge in [0.05, 0.1) is 12.2 Å². The van der Waals surface area contributed by atoms with Crippen LogP contribution in [0.3, 0.4) is 0 Å². The molecule has 2 aromatic rings. The highest BCUT2D eigenvalue weighted by molar-refractivity contribution is 5.55. The number of anilines is 1. The average molecular weight is 260 g/mol. The Balaban J connectivity index is 1.95. The van der Waals surface area contributed by atoms with Crippen molar-refractivity contribution in [3.8, 4) is 0 Å². The molecule has 0 atom stereocenters. The number of para-hydroxylation sites is 1. The standard InChI is InChI=1S/C14H17FN4/c15-12-3-1-2-11(4-5-16)14(12)19-9-8-18-7-6-17-13(18)10-19/h1-3,6-7H,4-5,8-10,16H2. The van der Waals surface area contributed by atoms with Crippen molar-refractivity contribution in [1.82, 2.24) is 9.55 Å². The summed E-state index contributed by atoms with van der Waals surface area (Å²) in [4.78, 5) is 6.37. The summed E-state index contributed by atoms with van der Waals surface area (Å²) in [5.74, 6) is 0.805. The minimum atomic E-state index is -0.175. The predicted octanol–water partition coefficient (Wildman–Crippen LogP) is 1.54. The Bertz CT molecular complexity index is 579. The first-order valence-electron chi connectivity index (χ1n) is 6.52. The summed E-state index contributed by atoms with van der Waals surface area (Å²) in [6.45, 7) is 2.80. The fourth-order valence-electron chi connectivity index (χ4n) is 2.64. The van der Waals surface area contributed by atoms with Crippen LogP contribution in [0.25, 0.3) is 0 Å². The molecule has 2 heterocycles. The maximum Gasteiger partial charge on any atom is 0.146 e. The molecule has 0 saturated heterocycles. The van der Waals surface area contributed by atoms with Crippen LogP contribution < -0.4 is 10.6 Å². The van der Waals surface area contributed by atoms with Gasteiger partial charge in [-0.25, -0.2) is 9.37 Å². The Kier molecular flexibility index (Phi) is 3.21. The first-order valence-corrected chi connectivity index (χ1v) is 6.52. The zero-order chi connectivity index (χ0) is 13.2. The van der Waals surface area contributed by atoms with Crippen molar-refractivity contribution in [2.75, 3.05) is 18.0 Å². The summed E-state index contributed by atoms with van der Waals surface area (Å²) in [5.41, 5.74) is 7.27. The van der Waals surface area contributed by atoms with E-state index >= 15 is 0 Å². The lowest BCUT2D eigenvalue weighted by Gasteiger charge is -2.31. The third-order valence-corrected chi connectivity index (χ3v) is 3.55. The molecule has 5 heteroatoms. The minimum absolute atomic E-state index is 0.175. The fourth-order valence-corrected chi connectivity index (χ4v) is 2.64. The van der Waals surface area contributed by atoms with Crippen LogP contribution in [0.2, 0.25) is 0 Å². The Morgan fingerprint density at radius 1 is 1.32 bits per heavy atom. The summed E-state index contributed by atoms with van der Waals surface area (Å²) in [6, 6.07) is 5.21. The monoisotopic (exact) mass is 260 g/mol. The number of hydrogen-bond acceptors (Lipinski definition) is 3. The highest BCUT2D eigenvalue weighted by Gasteiger charge is 2.21. The van der Waals surface area contributed by atoms with Gasteiger partial charge in [0.1, 0.15) is 11.6 Å². The lowest BCUT2D eigenvalue weighted by Crippen LogP contribution is -2.35. The van der Waals surface area contributed by atoms with Gasteiger partial charge in [0.15, 0.2) is 0 Å². The van der Waals surface area contributed by atoms with Crippen LogP contribution in [-0.2, 0) is 19.5 Å².